The maximum absolute atomic E-state index is 12.7. The van der Waals surface area contributed by atoms with E-state index >= 15 is 0 Å². The predicted molar refractivity (Wildman–Crippen MR) is 106 cm³/mol. The lowest BCUT2D eigenvalue weighted by molar-refractivity contribution is 0.0643. The molecule has 1 aromatic carbocycles. The number of aryl methyl sites for hydroxylation is 1. The Kier molecular flexibility index (Phi) is 6.61. The summed E-state index contributed by atoms with van der Waals surface area (Å²) in [6.45, 7) is 7.56. The Morgan fingerprint density at radius 2 is 1.88 bits per heavy atom. The summed E-state index contributed by atoms with van der Waals surface area (Å²) in [5.74, 6) is 0.0844. The number of rotatable bonds is 7. The zero-order valence-corrected chi connectivity index (χ0v) is 15.5. The number of anilines is 1. The molecule has 2 heterocycles. The molecule has 1 aromatic heterocycles. The number of pyridine rings is 1. The van der Waals surface area contributed by atoms with Gasteiger partial charge in [0, 0.05) is 45.1 Å². The Bertz CT molecular complexity index is 696. The van der Waals surface area contributed by atoms with Crippen molar-refractivity contribution >= 4 is 11.6 Å². The van der Waals surface area contributed by atoms with Crippen LogP contribution < -0.4 is 5.32 Å². The van der Waals surface area contributed by atoms with Gasteiger partial charge in [-0.1, -0.05) is 37.3 Å². The second-order valence-electron chi connectivity index (χ2n) is 6.70. The second kappa shape index (κ2) is 9.34. The molecule has 138 valence electrons. The number of hydrogen-bond acceptors (Lipinski definition) is 4. The monoisotopic (exact) mass is 352 g/mol. The van der Waals surface area contributed by atoms with Gasteiger partial charge in [0.15, 0.2) is 0 Å². The summed E-state index contributed by atoms with van der Waals surface area (Å²) in [7, 11) is 0. The quantitative estimate of drug-likeness (QED) is 0.779. The van der Waals surface area contributed by atoms with Gasteiger partial charge in [0.2, 0.25) is 0 Å². The second-order valence-corrected chi connectivity index (χ2v) is 6.70. The summed E-state index contributed by atoms with van der Waals surface area (Å²) >= 11 is 0. The third kappa shape index (κ3) is 5.05. The van der Waals surface area contributed by atoms with Gasteiger partial charge in [-0.3, -0.25) is 9.78 Å². The molecule has 2 aromatic rings. The number of hydrogen-bond donors (Lipinski definition) is 1. The van der Waals surface area contributed by atoms with Gasteiger partial charge in [-0.25, -0.2) is 0 Å². The molecular formula is C21H28N4O. The summed E-state index contributed by atoms with van der Waals surface area (Å²) in [6.07, 6.45) is 5.54. The highest BCUT2D eigenvalue weighted by Gasteiger charge is 2.21. The molecule has 1 N–H and O–H groups in total. The summed E-state index contributed by atoms with van der Waals surface area (Å²) in [4.78, 5) is 21.3. The summed E-state index contributed by atoms with van der Waals surface area (Å²) in [6, 6.07) is 12.4. The topological polar surface area (TPSA) is 48.5 Å². The molecule has 0 atom stereocenters. The molecule has 1 fully saturated rings. The number of nitrogens with zero attached hydrogens (tertiary/aromatic N) is 3. The van der Waals surface area contributed by atoms with Crippen molar-refractivity contribution in [2.45, 2.75) is 19.8 Å². The molecular weight excluding hydrogens is 324 g/mol. The van der Waals surface area contributed by atoms with Crippen LogP contribution in [-0.2, 0) is 6.42 Å². The molecule has 0 spiro atoms. The van der Waals surface area contributed by atoms with E-state index in [1.807, 2.05) is 17.0 Å². The fraction of sp³-hybridized carbons (Fsp3) is 0.429. The molecule has 0 bridgehead atoms. The smallest absolute Gasteiger partial charge is 0.255 e. The van der Waals surface area contributed by atoms with E-state index in [0.29, 0.717) is 5.56 Å². The van der Waals surface area contributed by atoms with Crippen LogP contribution in [0.4, 0.5) is 5.69 Å². The fourth-order valence-corrected chi connectivity index (χ4v) is 3.27. The van der Waals surface area contributed by atoms with Crippen molar-refractivity contribution in [1.29, 1.82) is 0 Å². The van der Waals surface area contributed by atoms with E-state index in [9.17, 15) is 4.79 Å². The van der Waals surface area contributed by atoms with Crippen LogP contribution in [0.15, 0.2) is 48.8 Å². The van der Waals surface area contributed by atoms with Crippen molar-refractivity contribution in [3.8, 4) is 0 Å². The minimum Gasteiger partial charge on any atom is -0.384 e. The summed E-state index contributed by atoms with van der Waals surface area (Å²) in [5, 5.41) is 3.39. The first-order valence-corrected chi connectivity index (χ1v) is 9.50. The van der Waals surface area contributed by atoms with Crippen LogP contribution in [0, 0.1) is 0 Å². The average Bonchev–Trinajstić information content (AvgIpc) is 2.72. The molecule has 26 heavy (non-hydrogen) atoms. The molecule has 0 radical (unpaired) electrons. The van der Waals surface area contributed by atoms with E-state index in [0.717, 1.165) is 57.8 Å². The van der Waals surface area contributed by atoms with Gasteiger partial charge in [-0.05, 0) is 31.0 Å². The zero-order chi connectivity index (χ0) is 18.2. The summed E-state index contributed by atoms with van der Waals surface area (Å²) < 4.78 is 0. The highest BCUT2D eigenvalue weighted by atomic mass is 16.2. The van der Waals surface area contributed by atoms with Crippen LogP contribution in [-0.4, -0.2) is 60.0 Å². The standard InChI is InChI=1S/C21H28N4O/c1-2-24-11-13-25(14-12-24)21(26)19-15-20(17-22-16-19)23-10-6-9-18-7-4-3-5-8-18/h3-5,7-8,15-17,23H,2,6,9-14H2,1H3. The Labute approximate surface area is 156 Å². The van der Waals surface area contributed by atoms with Crippen LogP contribution in [0.3, 0.4) is 0 Å². The number of carbonyl (C=O) groups excluding carboxylic acids is 1. The highest BCUT2D eigenvalue weighted by molar-refractivity contribution is 5.94. The first kappa shape index (κ1) is 18.4. The van der Waals surface area contributed by atoms with Gasteiger partial charge < -0.3 is 15.1 Å². The van der Waals surface area contributed by atoms with Crippen molar-refractivity contribution in [2.24, 2.45) is 0 Å². The number of likely N-dealkylation sites (N-methyl/N-ethyl adjacent to an activating group) is 1. The van der Waals surface area contributed by atoms with Crippen molar-refractivity contribution in [3.05, 3.63) is 59.9 Å². The van der Waals surface area contributed by atoms with Crippen LogP contribution in [0.2, 0.25) is 0 Å². The van der Waals surface area contributed by atoms with E-state index < -0.39 is 0 Å². The van der Waals surface area contributed by atoms with Crippen LogP contribution >= 0.6 is 0 Å². The average molecular weight is 352 g/mol. The van der Waals surface area contributed by atoms with Crippen molar-refractivity contribution < 1.29 is 4.79 Å². The Morgan fingerprint density at radius 3 is 2.62 bits per heavy atom. The molecule has 1 aliphatic heterocycles. The van der Waals surface area contributed by atoms with Crippen molar-refractivity contribution in [1.82, 2.24) is 14.8 Å². The van der Waals surface area contributed by atoms with Crippen LogP contribution in [0.25, 0.3) is 0 Å². The maximum atomic E-state index is 12.7. The normalized spacial score (nSPS) is 15.0. The van der Waals surface area contributed by atoms with E-state index in [2.05, 4.69) is 46.4 Å². The predicted octanol–water partition coefficient (Wildman–Crippen LogP) is 2.90. The first-order valence-electron chi connectivity index (χ1n) is 9.50. The van der Waals surface area contributed by atoms with Gasteiger partial charge in [-0.2, -0.15) is 0 Å². The van der Waals surface area contributed by atoms with Gasteiger partial charge in [0.25, 0.3) is 5.91 Å². The summed E-state index contributed by atoms with van der Waals surface area (Å²) in [5.41, 5.74) is 2.93. The minimum atomic E-state index is 0.0844. The molecule has 0 saturated carbocycles. The number of aromatic nitrogens is 1. The van der Waals surface area contributed by atoms with Gasteiger partial charge in [0.1, 0.15) is 0 Å². The molecule has 0 aliphatic carbocycles. The lowest BCUT2D eigenvalue weighted by atomic mass is 10.1. The molecule has 1 aliphatic rings. The minimum absolute atomic E-state index is 0.0844. The molecule has 5 heteroatoms. The van der Waals surface area contributed by atoms with Gasteiger partial charge in [0.05, 0.1) is 11.3 Å². The fourth-order valence-electron chi connectivity index (χ4n) is 3.27. The van der Waals surface area contributed by atoms with Crippen LogP contribution in [0.1, 0.15) is 29.3 Å². The molecule has 1 saturated heterocycles. The molecule has 3 rings (SSSR count). The van der Waals surface area contributed by atoms with E-state index in [1.165, 1.54) is 5.56 Å². The largest absolute Gasteiger partial charge is 0.384 e. The highest BCUT2D eigenvalue weighted by Crippen LogP contribution is 2.13. The molecule has 1 amide bonds. The van der Waals surface area contributed by atoms with Gasteiger partial charge in [-0.15, -0.1) is 0 Å². The lowest BCUT2D eigenvalue weighted by Crippen LogP contribution is -2.48. The third-order valence-electron chi connectivity index (χ3n) is 4.91. The van der Waals surface area contributed by atoms with E-state index in [-0.39, 0.29) is 5.91 Å². The number of nitrogens with one attached hydrogen (secondary N) is 1. The third-order valence-corrected chi connectivity index (χ3v) is 4.91. The Balaban J connectivity index is 1.49. The van der Waals surface area contributed by atoms with Gasteiger partial charge >= 0.3 is 0 Å². The Morgan fingerprint density at radius 1 is 1.12 bits per heavy atom. The number of carbonyl (C=O) groups is 1. The first-order chi connectivity index (χ1) is 12.8. The number of piperazine rings is 1. The van der Waals surface area contributed by atoms with E-state index in [4.69, 9.17) is 0 Å². The SMILES string of the molecule is CCN1CCN(C(=O)c2cncc(NCCCc3ccccc3)c2)CC1. The maximum Gasteiger partial charge on any atom is 0.255 e. The van der Waals surface area contributed by atoms with Crippen LogP contribution in [0.5, 0.6) is 0 Å². The molecule has 0 unspecified atom stereocenters. The Hall–Kier alpha value is -2.40. The lowest BCUT2D eigenvalue weighted by Gasteiger charge is -2.34. The molecule has 5 nitrogen and oxygen atoms in total. The van der Waals surface area contributed by atoms with Crippen molar-refractivity contribution in [2.75, 3.05) is 44.6 Å². The van der Waals surface area contributed by atoms with E-state index in [1.54, 1.807) is 12.4 Å². The van der Waals surface area contributed by atoms with Crippen molar-refractivity contribution in [3.63, 3.8) is 0 Å². The zero-order valence-electron chi connectivity index (χ0n) is 15.5. The number of amides is 1. The number of benzene rings is 1.